The summed E-state index contributed by atoms with van der Waals surface area (Å²) in [6, 6.07) is 6.90. The quantitative estimate of drug-likeness (QED) is 0.361. The minimum atomic E-state index is -5.20. The Hall–Kier alpha value is -3.84. The van der Waals surface area contributed by atoms with E-state index >= 15 is 0 Å². The van der Waals surface area contributed by atoms with Crippen molar-refractivity contribution in [3.63, 3.8) is 0 Å². The number of benzene rings is 2. The van der Waals surface area contributed by atoms with E-state index in [1.807, 2.05) is 0 Å². The third-order valence-corrected chi connectivity index (χ3v) is 4.90. The molecular formula is C21H15ClF4N2O7. The van der Waals surface area contributed by atoms with Gasteiger partial charge in [-0.3, -0.25) is 14.3 Å². The molecule has 2 aromatic carbocycles. The number of carboxylic acid groups (broad SMARTS) is 1. The predicted molar refractivity (Wildman–Crippen MR) is 113 cm³/mol. The molecule has 0 aliphatic carbocycles. The second-order valence-electron chi connectivity index (χ2n) is 6.87. The van der Waals surface area contributed by atoms with Crippen molar-refractivity contribution in [3.05, 3.63) is 73.8 Å². The fourth-order valence-corrected chi connectivity index (χ4v) is 3.25. The normalized spacial score (nSPS) is 12.3. The summed E-state index contributed by atoms with van der Waals surface area (Å²) in [5, 5.41) is 8.72. The molecule has 0 bridgehead atoms. The van der Waals surface area contributed by atoms with Gasteiger partial charge in [-0.1, -0.05) is 23.7 Å². The third-order valence-electron chi connectivity index (χ3n) is 4.60. The molecule has 3 rings (SSSR count). The molecular weight excluding hydrogens is 504 g/mol. The van der Waals surface area contributed by atoms with Crippen LogP contribution < -0.4 is 20.7 Å². The number of carbonyl (C=O) groups is 1. The van der Waals surface area contributed by atoms with Crippen molar-refractivity contribution in [2.75, 3.05) is 7.11 Å². The number of hydrogen-bond donors (Lipinski definition) is 2. The molecule has 0 aliphatic rings. The van der Waals surface area contributed by atoms with Crippen molar-refractivity contribution in [2.24, 2.45) is 7.05 Å². The minimum absolute atomic E-state index is 0.130. The molecule has 0 saturated carbocycles. The molecule has 2 N–H and O–H groups in total. The molecule has 1 aromatic heterocycles. The molecule has 9 nitrogen and oxygen atoms in total. The second-order valence-corrected chi connectivity index (χ2v) is 7.28. The van der Waals surface area contributed by atoms with Crippen LogP contribution in [0, 0.1) is 5.82 Å². The zero-order chi connectivity index (χ0) is 26.1. The van der Waals surface area contributed by atoms with Gasteiger partial charge in [0.2, 0.25) is 0 Å². The highest BCUT2D eigenvalue weighted by atomic mass is 35.5. The van der Waals surface area contributed by atoms with Crippen LogP contribution in [0.15, 0.2) is 46.0 Å². The van der Waals surface area contributed by atoms with Crippen LogP contribution in [-0.4, -0.2) is 34.0 Å². The summed E-state index contributed by atoms with van der Waals surface area (Å²) in [6.45, 7) is 0. The molecule has 1 atom stereocenters. The smallest absolute Gasteiger partial charge is 0.432 e. The highest BCUT2D eigenvalue weighted by molar-refractivity contribution is 6.32. The first-order chi connectivity index (χ1) is 16.3. The Morgan fingerprint density at radius 1 is 1.14 bits per heavy atom. The second kappa shape index (κ2) is 9.80. The van der Waals surface area contributed by atoms with Gasteiger partial charge in [0.1, 0.15) is 17.3 Å². The van der Waals surface area contributed by atoms with Crippen LogP contribution in [0.25, 0.3) is 11.1 Å². The summed E-state index contributed by atoms with van der Waals surface area (Å²) < 4.78 is 71.5. The molecule has 0 spiro atoms. The van der Waals surface area contributed by atoms with Gasteiger partial charge in [-0.15, -0.1) is 0 Å². The number of ether oxygens (including phenoxy) is 3. The van der Waals surface area contributed by atoms with Gasteiger partial charge < -0.3 is 19.3 Å². The number of halogens is 5. The van der Waals surface area contributed by atoms with Crippen molar-refractivity contribution in [3.8, 4) is 28.4 Å². The first-order valence-corrected chi connectivity index (χ1v) is 9.82. The van der Waals surface area contributed by atoms with Gasteiger partial charge in [-0.25, -0.2) is 14.0 Å². The third kappa shape index (κ3) is 5.30. The molecule has 3 aromatic rings. The number of alkyl halides is 3. The van der Waals surface area contributed by atoms with Crippen LogP contribution in [0.4, 0.5) is 17.6 Å². The highest BCUT2D eigenvalue weighted by Crippen LogP contribution is 2.41. The first kappa shape index (κ1) is 25.8. The van der Waals surface area contributed by atoms with Gasteiger partial charge >= 0.3 is 17.8 Å². The number of hydrogen-bond acceptors (Lipinski definition) is 6. The molecule has 0 fully saturated rings. The maximum Gasteiger partial charge on any atom is 0.432 e. The Morgan fingerprint density at radius 3 is 2.34 bits per heavy atom. The van der Waals surface area contributed by atoms with E-state index in [1.165, 1.54) is 24.3 Å². The van der Waals surface area contributed by atoms with Crippen LogP contribution >= 0.6 is 11.6 Å². The lowest BCUT2D eigenvalue weighted by atomic mass is 10.0. The van der Waals surface area contributed by atoms with Gasteiger partial charge in [0.05, 0.1) is 10.6 Å². The summed E-state index contributed by atoms with van der Waals surface area (Å²) in [5.74, 6) is -3.46. The summed E-state index contributed by atoms with van der Waals surface area (Å²) in [4.78, 5) is 37.0. The van der Waals surface area contributed by atoms with E-state index in [9.17, 15) is 31.9 Å². The van der Waals surface area contributed by atoms with Crippen molar-refractivity contribution in [2.45, 2.75) is 12.5 Å². The summed E-state index contributed by atoms with van der Waals surface area (Å²) in [7, 11) is 1.84. The Balaban J connectivity index is 2.17. The van der Waals surface area contributed by atoms with Crippen LogP contribution in [0.2, 0.25) is 5.02 Å². The number of para-hydroxylation sites is 2. The van der Waals surface area contributed by atoms with E-state index in [1.54, 1.807) is 4.98 Å². The first-order valence-electron chi connectivity index (χ1n) is 9.44. The maximum absolute atomic E-state index is 14.8. The van der Waals surface area contributed by atoms with Crippen LogP contribution in [0.1, 0.15) is 5.69 Å². The van der Waals surface area contributed by atoms with Crippen molar-refractivity contribution < 1.29 is 41.7 Å². The number of H-pyrrole nitrogens is 1. The largest absolute Gasteiger partial charge is 0.477 e. The van der Waals surface area contributed by atoms with E-state index < -0.39 is 63.1 Å². The van der Waals surface area contributed by atoms with Gasteiger partial charge in [-0.2, -0.15) is 13.2 Å². The fourth-order valence-electron chi connectivity index (χ4n) is 3.07. The molecule has 14 heteroatoms. The summed E-state index contributed by atoms with van der Waals surface area (Å²) in [5.41, 5.74) is -6.55. The van der Waals surface area contributed by atoms with E-state index in [4.69, 9.17) is 30.9 Å². The van der Waals surface area contributed by atoms with Crippen molar-refractivity contribution in [1.82, 2.24) is 9.55 Å². The van der Waals surface area contributed by atoms with Gasteiger partial charge in [-0.05, 0) is 24.3 Å². The van der Waals surface area contributed by atoms with E-state index in [0.29, 0.717) is 6.07 Å². The number of nitrogens with zero attached hydrogens (tertiary/aromatic N) is 1. The molecule has 35 heavy (non-hydrogen) atoms. The minimum Gasteiger partial charge on any atom is -0.477 e. The Labute approximate surface area is 198 Å². The lowest BCUT2D eigenvalue weighted by Gasteiger charge is -2.18. The fraction of sp³-hybridized carbons (Fsp3) is 0.190. The maximum atomic E-state index is 14.8. The highest BCUT2D eigenvalue weighted by Gasteiger charge is 2.39. The summed E-state index contributed by atoms with van der Waals surface area (Å²) >= 11 is 6.01. The zero-order valence-corrected chi connectivity index (χ0v) is 18.5. The molecule has 1 heterocycles. The number of methoxy groups -OCH3 is 1. The lowest BCUT2D eigenvalue weighted by Crippen LogP contribution is -2.35. The molecule has 0 radical (unpaired) electrons. The van der Waals surface area contributed by atoms with Gasteiger partial charge in [0.25, 0.3) is 11.8 Å². The molecule has 1 unspecified atom stereocenters. The van der Waals surface area contributed by atoms with E-state index in [2.05, 4.69) is 0 Å². The number of aliphatic carboxylic acids is 1. The number of aromatic amines is 1. The monoisotopic (exact) mass is 518 g/mol. The number of nitrogens with one attached hydrogen (secondary N) is 1. The van der Waals surface area contributed by atoms with E-state index in [-0.39, 0.29) is 16.1 Å². The average molecular weight is 519 g/mol. The van der Waals surface area contributed by atoms with Crippen LogP contribution in [0.3, 0.4) is 0 Å². The molecule has 0 saturated heterocycles. The molecule has 0 aliphatic heterocycles. The Kier molecular flexibility index (Phi) is 7.22. The lowest BCUT2D eigenvalue weighted by molar-refractivity contribution is -0.166. The number of carboxylic acids is 1. The number of aromatic nitrogens is 2. The van der Waals surface area contributed by atoms with Gasteiger partial charge in [0, 0.05) is 19.7 Å². The van der Waals surface area contributed by atoms with Gasteiger partial charge in [0.15, 0.2) is 11.5 Å². The van der Waals surface area contributed by atoms with Crippen molar-refractivity contribution >= 4 is 17.6 Å². The van der Waals surface area contributed by atoms with Crippen molar-refractivity contribution in [1.29, 1.82) is 0 Å². The van der Waals surface area contributed by atoms with Crippen LogP contribution in [-0.2, 0) is 22.8 Å². The average Bonchev–Trinajstić information content (AvgIpc) is 2.76. The molecule has 0 amide bonds. The topological polar surface area (TPSA) is 120 Å². The van der Waals surface area contributed by atoms with E-state index in [0.717, 1.165) is 20.2 Å². The summed E-state index contributed by atoms with van der Waals surface area (Å²) in [6.07, 6.45) is -6.92. The Morgan fingerprint density at radius 2 is 1.77 bits per heavy atom. The SMILES string of the molecule is COC(Oc1ccccc1Oc1cc(-c2c(C(F)(F)F)n(C)c(=O)[nH]c2=O)c(F)cc1Cl)C(=O)O. The van der Waals surface area contributed by atoms with Crippen LogP contribution in [0.5, 0.6) is 17.2 Å². The standard InChI is InChI=1S/C21H15ClF4N2O7/c1-28-16(21(24,25)26)15(17(29)27-20(28)32)9-7-14(10(22)8-11(9)23)34-12-5-3-4-6-13(12)35-19(33-2)18(30)31/h3-8,19H,1-2H3,(H,30,31)(H,27,29,32). The molecule has 186 valence electrons. The number of rotatable bonds is 7. The Bertz CT molecular complexity index is 1400. The zero-order valence-electron chi connectivity index (χ0n) is 17.8. The predicted octanol–water partition coefficient (Wildman–Crippen LogP) is 3.78.